The summed E-state index contributed by atoms with van der Waals surface area (Å²) in [5.74, 6) is 1.28. The molecule has 3 atom stereocenters. The number of rotatable bonds is 7. The molecule has 2 aliphatic heterocycles. The third kappa shape index (κ3) is 4.74. The molecule has 2 saturated heterocycles. The number of hydrogen-bond donors (Lipinski definition) is 5. The molecule has 35 heavy (non-hydrogen) atoms. The Balaban J connectivity index is 1.14. The van der Waals surface area contributed by atoms with Gasteiger partial charge < -0.3 is 25.9 Å². The Morgan fingerprint density at radius 1 is 1.14 bits per heavy atom. The molecule has 2 aliphatic rings. The summed E-state index contributed by atoms with van der Waals surface area (Å²) in [6.45, 7) is 2.88. The van der Waals surface area contributed by atoms with Gasteiger partial charge in [-0.05, 0) is 56.0 Å². The van der Waals surface area contributed by atoms with Gasteiger partial charge in [0.05, 0.1) is 5.69 Å². The summed E-state index contributed by atoms with van der Waals surface area (Å²) in [4.78, 5) is 27.7. The zero-order valence-electron chi connectivity index (χ0n) is 19.8. The van der Waals surface area contributed by atoms with E-state index in [1.54, 1.807) is 10.8 Å². The fourth-order valence-electron chi connectivity index (χ4n) is 5.44. The molecule has 0 saturated carbocycles. The van der Waals surface area contributed by atoms with Crippen molar-refractivity contribution in [2.75, 3.05) is 25.0 Å². The quantitative estimate of drug-likeness (QED) is 0.282. The van der Waals surface area contributed by atoms with Crippen LogP contribution >= 0.6 is 0 Å². The van der Waals surface area contributed by atoms with E-state index >= 15 is 0 Å². The molecule has 9 nitrogen and oxygen atoms in total. The minimum atomic E-state index is -0.261. The van der Waals surface area contributed by atoms with E-state index in [4.69, 9.17) is 0 Å². The van der Waals surface area contributed by atoms with Gasteiger partial charge in [0.25, 0.3) is 0 Å². The molecule has 0 aliphatic carbocycles. The van der Waals surface area contributed by atoms with Crippen LogP contribution in [-0.2, 0) is 0 Å². The van der Waals surface area contributed by atoms with Crippen LogP contribution in [0.4, 0.5) is 5.95 Å². The fourth-order valence-corrected chi connectivity index (χ4v) is 5.44. The molecule has 3 aromatic heterocycles. The molecule has 0 amide bonds. The van der Waals surface area contributed by atoms with Gasteiger partial charge in [-0.2, -0.15) is 4.98 Å². The highest BCUT2D eigenvalue weighted by molar-refractivity contribution is 5.76. The van der Waals surface area contributed by atoms with E-state index in [-0.39, 0.29) is 5.69 Å². The highest BCUT2D eigenvalue weighted by Crippen LogP contribution is 2.28. The molecule has 5 N–H and O–H groups in total. The highest BCUT2D eigenvalue weighted by atomic mass is 16.1. The van der Waals surface area contributed by atoms with Crippen molar-refractivity contribution in [2.45, 2.75) is 50.1 Å². The summed E-state index contributed by atoms with van der Waals surface area (Å²) in [7, 11) is 0. The first-order valence-corrected chi connectivity index (χ1v) is 12.7. The summed E-state index contributed by atoms with van der Waals surface area (Å²) in [6, 6.07) is 11.3. The zero-order valence-corrected chi connectivity index (χ0v) is 19.8. The SMILES string of the molecule is O=c1nc2[nH]c(C3CCNC3)cc2cn1-c1ccc([C@@H]2CCC[C@@H](CCNc3ncc[nH]3)N2)cc1. The molecule has 1 aromatic carbocycles. The first-order valence-electron chi connectivity index (χ1n) is 12.7. The third-order valence-electron chi connectivity index (χ3n) is 7.37. The Kier molecular flexibility index (Phi) is 6.10. The maximum Gasteiger partial charge on any atom is 0.354 e. The van der Waals surface area contributed by atoms with E-state index in [1.807, 2.05) is 24.5 Å². The second kappa shape index (κ2) is 9.67. The molecule has 182 valence electrons. The summed E-state index contributed by atoms with van der Waals surface area (Å²) in [5, 5.41) is 11.5. The molecule has 0 bridgehead atoms. The number of H-pyrrole nitrogens is 2. The number of nitrogens with zero attached hydrogens (tertiary/aromatic N) is 3. The van der Waals surface area contributed by atoms with Gasteiger partial charge in [-0.1, -0.05) is 18.6 Å². The van der Waals surface area contributed by atoms with Crippen molar-refractivity contribution in [3.8, 4) is 5.69 Å². The molecule has 9 heteroatoms. The van der Waals surface area contributed by atoms with Crippen LogP contribution in [0.5, 0.6) is 0 Å². The molecule has 6 rings (SSSR count). The van der Waals surface area contributed by atoms with Crippen LogP contribution < -0.4 is 21.6 Å². The van der Waals surface area contributed by atoms with Gasteiger partial charge in [0.2, 0.25) is 0 Å². The number of imidazole rings is 1. The molecule has 1 unspecified atom stereocenters. The molecule has 2 fully saturated rings. The van der Waals surface area contributed by atoms with Crippen LogP contribution in [0, 0.1) is 0 Å². The number of hydrogen-bond acceptors (Lipinski definition) is 6. The lowest BCUT2D eigenvalue weighted by Gasteiger charge is -2.31. The van der Waals surface area contributed by atoms with Gasteiger partial charge in [-0.15, -0.1) is 0 Å². The average molecular weight is 473 g/mol. The standard InChI is InChI=1S/C26H32N8O/c35-26-33-24-19(14-23(32-24)18-8-10-27-15-18)16-34(26)21-6-4-17(5-7-21)22-3-1-2-20(31-22)9-11-28-25-29-12-13-30-25/h4-7,12-14,16,18,20,22,27,31H,1-3,8-11,15H2,(H2,28,29,30)(H,32,33,35)/t18?,20-,22-/m0/s1. The molecular weight excluding hydrogens is 440 g/mol. The van der Waals surface area contributed by atoms with Gasteiger partial charge in [-0.3, -0.25) is 4.57 Å². The Labute approximate surface area is 203 Å². The number of benzene rings is 1. The van der Waals surface area contributed by atoms with Crippen molar-refractivity contribution in [3.05, 3.63) is 70.7 Å². The number of anilines is 1. The smallest absolute Gasteiger partial charge is 0.354 e. The average Bonchev–Trinajstić information content (AvgIpc) is 3.66. The lowest BCUT2D eigenvalue weighted by molar-refractivity contribution is 0.316. The van der Waals surface area contributed by atoms with Crippen LogP contribution in [0.25, 0.3) is 16.7 Å². The second-order valence-corrected chi connectivity index (χ2v) is 9.70. The van der Waals surface area contributed by atoms with E-state index < -0.39 is 0 Å². The number of piperidine rings is 1. The van der Waals surface area contributed by atoms with E-state index in [9.17, 15) is 4.79 Å². The maximum absolute atomic E-state index is 12.8. The van der Waals surface area contributed by atoms with Crippen molar-refractivity contribution in [3.63, 3.8) is 0 Å². The van der Waals surface area contributed by atoms with Gasteiger partial charge >= 0.3 is 5.69 Å². The van der Waals surface area contributed by atoms with Gasteiger partial charge in [-0.25, -0.2) is 9.78 Å². The van der Waals surface area contributed by atoms with Crippen molar-refractivity contribution in [2.24, 2.45) is 0 Å². The van der Waals surface area contributed by atoms with Crippen molar-refractivity contribution in [1.82, 2.24) is 35.1 Å². The summed E-state index contributed by atoms with van der Waals surface area (Å²) < 4.78 is 1.65. The lowest BCUT2D eigenvalue weighted by Crippen LogP contribution is -2.38. The van der Waals surface area contributed by atoms with Crippen LogP contribution in [0.2, 0.25) is 0 Å². The summed E-state index contributed by atoms with van der Waals surface area (Å²) in [6.07, 6.45) is 11.2. The molecule has 0 radical (unpaired) electrons. The Morgan fingerprint density at radius 3 is 2.86 bits per heavy atom. The van der Waals surface area contributed by atoms with Crippen LogP contribution in [-0.4, -0.2) is 50.2 Å². The number of nitrogens with one attached hydrogen (secondary N) is 5. The van der Waals surface area contributed by atoms with Crippen LogP contribution in [0.1, 0.15) is 55.3 Å². The topological polar surface area (TPSA) is 115 Å². The van der Waals surface area contributed by atoms with E-state index in [2.05, 4.69) is 54.1 Å². The highest BCUT2D eigenvalue weighted by Gasteiger charge is 2.22. The molecule has 5 heterocycles. The fraction of sp³-hybridized carbons (Fsp3) is 0.423. The van der Waals surface area contributed by atoms with E-state index in [0.717, 1.165) is 61.6 Å². The largest absolute Gasteiger partial charge is 0.356 e. The van der Waals surface area contributed by atoms with Crippen molar-refractivity contribution >= 4 is 17.0 Å². The van der Waals surface area contributed by atoms with Gasteiger partial charge in [0.1, 0.15) is 5.65 Å². The number of aromatic amines is 2. The predicted octanol–water partition coefficient (Wildman–Crippen LogP) is 3.20. The lowest BCUT2D eigenvalue weighted by atomic mass is 9.92. The Bertz CT molecular complexity index is 1320. The van der Waals surface area contributed by atoms with Gasteiger partial charge in [0.15, 0.2) is 5.95 Å². The van der Waals surface area contributed by atoms with E-state index in [1.165, 1.54) is 18.4 Å². The Morgan fingerprint density at radius 2 is 2.06 bits per heavy atom. The minimum absolute atomic E-state index is 0.261. The second-order valence-electron chi connectivity index (χ2n) is 9.70. The summed E-state index contributed by atoms with van der Waals surface area (Å²) >= 11 is 0. The first-order chi connectivity index (χ1) is 17.2. The van der Waals surface area contributed by atoms with Crippen LogP contribution in [0.3, 0.4) is 0 Å². The Hall–Kier alpha value is -3.43. The predicted molar refractivity (Wildman–Crippen MR) is 137 cm³/mol. The third-order valence-corrected chi connectivity index (χ3v) is 7.37. The number of fused-ring (bicyclic) bond motifs is 1. The molecule has 0 spiro atoms. The van der Waals surface area contributed by atoms with Crippen molar-refractivity contribution in [1.29, 1.82) is 0 Å². The van der Waals surface area contributed by atoms with Crippen LogP contribution in [0.15, 0.2) is 53.7 Å². The minimum Gasteiger partial charge on any atom is -0.356 e. The van der Waals surface area contributed by atoms with E-state index in [0.29, 0.717) is 23.6 Å². The van der Waals surface area contributed by atoms with Crippen molar-refractivity contribution < 1.29 is 0 Å². The normalized spacial score (nSPS) is 22.6. The zero-order chi connectivity index (χ0) is 23.6. The van der Waals surface area contributed by atoms with Gasteiger partial charge in [0, 0.05) is 60.8 Å². The first kappa shape index (κ1) is 22.1. The summed E-state index contributed by atoms with van der Waals surface area (Å²) in [5.41, 5.74) is 3.67. The maximum atomic E-state index is 12.8. The molecule has 4 aromatic rings. The monoisotopic (exact) mass is 472 g/mol. The number of aromatic nitrogens is 5. The molecular formula is C26H32N8O.